The van der Waals surface area contributed by atoms with Gasteiger partial charge in [0.25, 0.3) is 0 Å². The molecule has 0 fully saturated rings. The molecule has 1 N–H and O–H groups in total. The minimum absolute atomic E-state index is 0.383. The molecule has 0 bridgehead atoms. The van der Waals surface area contributed by atoms with Crippen molar-refractivity contribution in [2.75, 3.05) is 0 Å². The zero-order valence-corrected chi connectivity index (χ0v) is 12.1. The van der Waals surface area contributed by atoms with Gasteiger partial charge in [0.2, 0.25) is 0 Å². The maximum atomic E-state index is 10.1. The first-order chi connectivity index (χ1) is 8.16. The lowest BCUT2D eigenvalue weighted by atomic mass is 10.0. The van der Waals surface area contributed by atoms with Crippen LogP contribution in [0.4, 0.5) is 0 Å². The van der Waals surface area contributed by atoms with Crippen molar-refractivity contribution in [3.63, 3.8) is 0 Å². The first kappa shape index (κ1) is 12.8. The average Bonchev–Trinajstić information content (AvgIpc) is 2.82. The van der Waals surface area contributed by atoms with Crippen LogP contribution in [-0.2, 0) is 6.42 Å². The van der Waals surface area contributed by atoms with Gasteiger partial charge in [-0.15, -0.1) is 0 Å². The van der Waals surface area contributed by atoms with Gasteiger partial charge in [0.1, 0.15) is 0 Å². The summed E-state index contributed by atoms with van der Waals surface area (Å²) in [5, 5.41) is 14.3. The highest BCUT2D eigenvalue weighted by molar-refractivity contribution is 9.10. The molecule has 1 unspecified atom stereocenters. The maximum absolute atomic E-state index is 10.1. The largest absolute Gasteiger partial charge is 0.388 e. The number of rotatable bonds is 4. The Balaban J connectivity index is 1.99. The molecule has 1 aromatic heterocycles. The molecule has 2 rings (SSSR count). The summed E-state index contributed by atoms with van der Waals surface area (Å²) >= 11 is 5.20. The molecule has 0 spiro atoms. The van der Waals surface area contributed by atoms with E-state index >= 15 is 0 Å². The molecule has 1 nitrogen and oxygen atoms in total. The second kappa shape index (κ2) is 5.80. The van der Waals surface area contributed by atoms with Gasteiger partial charge in [-0.1, -0.05) is 28.1 Å². The standard InChI is InChI=1S/C14H15BrOS/c1-10-2-4-12(8-13(10)15)14(16)5-3-11-6-7-17-9-11/h2,4,6-9,14,16H,3,5H2,1H3. The summed E-state index contributed by atoms with van der Waals surface area (Å²) in [6, 6.07) is 8.15. The minimum Gasteiger partial charge on any atom is -0.388 e. The van der Waals surface area contributed by atoms with Crippen LogP contribution in [0, 0.1) is 6.92 Å². The van der Waals surface area contributed by atoms with E-state index in [4.69, 9.17) is 0 Å². The maximum Gasteiger partial charge on any atom is 0.0793 e. The monoisotopic (exact) mass is 310 g/mol. The van der Waals surface area contributed by atoms with Gasteiger partial charge >= 0.3 is 0 Å². The van der Waals surface area contributed by atoms with Crippen molar-refractivity contribution in [1.82, 2.24) is 0 Å². The number of aryl methyl sites for hydroxylation is 2. The number of aliphatic hydroxyl groups is 1. The van der Waals surface area contributed by atoms with Crippen molar-refractivity contribution >= 4 is 27.3 Å². The quantitative estimate of drug-likeness (QED) is 0.882. The summed E-state index contributed by atoms with van der Waals surface area (Å²) < 4.78 is 1.06. The van der Waals surface area contributed by atoms with Crippen LogP contribution in [0.2, 0.25) is 0 Å². The van der Waals surface area contributed by atoms with Crippen molar-refractivity contribution < 1.29 is 5.11 Å². The summed E-state index contributed by atoms with van der Waals surface area (Å²) in [6.07, 6.45) is 1.31. The van der Waals surface area contributed by atoms with Gasteiger partial charge in [-0.3, -0.25) is 0 Å². The summed E-state index contributed by atoms with van der Waals surface area (Å²) in [5.74, 6) is 0. The van der Waals surface area contributed by atoms with Crippen LogP contribution in [0.3, 0.4) is 0 Å². The van der Waals surface area contributed by atoms with E-state index in [0.29, 0.717) is 0 Å². The minimum atomic E-state index is -0.383. The van der Waals surface area contributed by atoms with Crippen molar-refractivity contribution in [2.24, 2.45) is 0 Å². The molecule has 0 saturated carbocycles. The van der Waals surface area contributed by atoms with Crippen LogP contribution in [0.25, 0.3) is 0 Å². The number of benzene rings is 1. The van der Waals surface area contributed by atoms with E-state index in [1.165, 1.54) is 11.1 Å². The third-order valence-corrected chi connectivity index (χ3v) is 4.45. The van der Waals surface area contributed by atoms with E-state index < -0.39 is 0 Å². The molecule has 90 valence electrons. The fraction of sp³-hybridized carbons (Fsp3) is 0.286. The van der Waals surface area contributed by atoms with Gasteiger partial charge in [0.15, 0.2) is 0 Å². The molecule has 0 aliphatic rings. The summed E-state index contributed by atoms with van der Waals surface area (Å²) in [6.45, 7) is 2.05. The molecule has 3 heteroatoms. The highest BCUT2D eigenvalue weighted by Crippen LogP contribution is 2.25. The fourth-order valence-electron chi connectivity index (χ4n) is 1.72. The van der Waals surface area contributed by atoms with Gasteiger partial charge in [-0.2, -0.15) is 11.3 Å². The third-order valence-electron chi connectivity index (χ3n) is 2.87. The van der Waals surface area contributed by atoms with E-state index in [9.17, 15) is 5.11 Å². The van der Waals surface area contributed by atoms with Crippen LogP contribution in [-0.4, -0.2) is 5.11 Å². The third kappa shape index (κ3) is 3.41. The first-order valence-electron chi connectivity index (χ1n) is 5.62. The molecular weight excluding hydrogens is 296 g/mol. The fourth-order valence-corrected chi connectivity index (χ4v) is 2.82. The molecule has 0 saturated heterocycles. The van der Waals surface area contributed by atoms with Crippen LogP contribution < -0.4 is 0 Å². The second-order valence-corrected chi connectivity index (χ2v) is 5.83. The van der Waals surface area contributed by atoms with E-state index in [-0.39, 0.29) is 6.10 Å². The smallest absolute Gasteiger partial charge is 0.0793 e. The normalized spacial score (nSPS) is 12.6. The van der Waals surface area contributed by atoms with E-state index in [0.717, 1.165) is 22.9 Å². The SMILES string of the molecule is Cc1ccc(C(O)CCc2ccsc2)cc1Br. The van der Waals surface area contributed by atoms with E-state index in [1.807, 2.05) is 25.1 Å². The average molecular weight is 311 g/mol. The Morgan fingerprint density at radius 2 is 2.18 bits per heavy atom. The molecule has 0 aliphatic heterocycles. The summed E-state index contributed by atoms with van der Waals surface area (Å²) in [7, 11) is 0. The zero-order chi connectivity index (χ0) is 12.3. The Hall–Kier alpha value is -0.640. The predicted molar refractivity (Wildman–Crippen MR) is 76.5 cm³/mol. The van der Waals surface area contributed by atoms with Gasteiger partial charge in [-0.05, 0) is 59.3 Å². The number of hydrogen-bond acceptors (Lipinski definition) is 2. The van der Waals surface area contributed by atoms with Crippen molar-refractivity contribution in [1.29, 1.82) is 0 Å². The molecule has 1 heterocycles. The molecule has 0 radical (unpaired) electrons. The van der Waals surface area contributed by atoms with Crippen LogP contribution >= 0.6 is 27.3 Å². The predicted octanol–water partition coefficient (Wildman–Crippen LogP) is 4.49. The Labute approximate surface area is 114 Å². The molecule has 1 aromatic carbocycles. The van der Waals surface area contributed by atoms with Crippen molar-refractivity contribution in [3.8, 4) is 0 Å². The Morgan fingerprint density at radius 1 is 1.35 bits per heavy atom. The molecule has 2 aromatic rings. The van der Waals surface area contributed by atoms with Gasteiger partial charge in [0.05, 0.1) is 6.10 Å². The van der Waals surface area contributed by atoms with Crippen LogP contribution in [0.15, 0.2) is 39.5 Å². The Kier molecular flexibility index (Phi) is 4.37. The molecular formula is C14H15BrOS. The first-order valence-corrected chi connectivity index (χ1v) is 7.35. The lowest BCUT2D eigenvalue weighted by Crippen LogP contribution is -1.99. The van der Waals surface area contributed by atoms with Crippen molar-refractivity contribution in [2.45, 2.75) is 25.9 Å². The number of thiophene rings is 1. The number of aliphatic hydroxyl groups excluding tert-OH is 1. The summed E-state index contributed by atoms with van der Waals surface area (Å²) in [5.41, 5.74) is 3.48. The molecule has 0 amide bonds. The van der Waals surface area contributed by atoms with E-state index in [2.05, 4.69) is 32.8 Å². The molecule has 17 heavy (non-hydrogen) atoms. The van der Waals surface area contributed by atoms with Crippen LogP contribution in [0.1, 0.15) is 29.2 Å². The van der Waals surface area contributed by atoms with Crippen molar-refractivity contribution in [3.05, 3.63) is 56.2 Å². The van der Waals surface area contributed by atoms with Crippen LogP contribution in [0.5, 0.6) is 0 Å². The second-order valence-electron chi connectivity index (χ2n) is 4.19. The zero-order valence-electron chi connectivity index (χ0n) is 9.69. The summed E-state index contributed by atoms with van der Waals surface area (Å²) in [4.78, 5) is 0. The van der Waals surface area contributed by atoms with E-state index in [1.54, 1.807) is 11.3 Å². The Morgan fingerprint density at radius 3 is 2.82 bits per heavy atom. The molecule has 0 aliphatic carbocycles. The number of hydrogen-bond donors (Lipinski definition) is 1. The highest BCUT2D eigenvalue weighted by Gasteiger charge is 2.09. The topological polar surface area (TPSA) is 20.2 Å². The Bertz CT molecular complexity index is 479. The number of halogens is 1. The van der Waals surface area contributed by atoms with Gasteiger partial charge < -0.3 is 5.11 Å². The van der Waals surface area contributed by atoms with Gasteiger partial charge in [0, 0.05) is 4.47 Å². The highest BCUT2D eigenvalue weighted by atomic mass is 79.9. The molecule has 1 atom stereocenters. The van der Waals surface area contributed by atoms with Gasteiger partial charge in [-0.25, -0.2) is 0 Å². The lowest BCUT2D eigenvalue weighted by Gasteiger charge is -2.11. The lowest BCUT2D eigenvalue weighted by molar-refractivity contribution is 0.168.